The molecule has 74 valence electrons. The van der Waals surface area contributed by atoms with Crippen LogP contribution in [-0.2, 0) is 11.3 Å². The minimum Gasteiger partial charge on any atom is -0.364 e. The molecule has 13 heavy (non-hydrogen) atoms. The lowest BCUT2D eigenvalue weighted by molar-refractivity contribution is -0.177. The van der Waals surface area contributed by atoms with E-state index in [1.165, 1.54) is 0 Å². The van der Waals surface area contributed by atoms with Crippen LogP contribution in [0.4, 0.5) is 13.2 Å². The summed E-state index contributed by atoms with van der Waals surface area (Å²) in [6.07, 6.45) is -4.29. The van der Waals surface area contributed by atoms with E-state index in [2.05, 4.69) is 14.1 Å². The number of aromatic nitrogens is 2. The zero-order valence-electron chi connectivity index (χ0n) is 6.14. The van der Waals surface area contributed by atoms with Crippen LogP contribution in [0.1, 0.15) is 5.82 Å². The SMILES string of the molecule is FC(F)(F)COCc1nsc(I)n1. The van der Waals surface area contributed by atoms with Gasteiger partial charge in [-0.3, -0.25) is 0 Å². The maximum absolute atomic E-state index is 11.6. The first-order chi connectivity index (χ1) is 5.97. The molecule has 0 saturated carbocycles. The van der Waals surface area contributed by atoms with Crippen molar-refractivity contribution in [2.75, 3.05) is 6.61 Å². The van der Waals surface area contributed by atoms with E-state index >= 15 is 0 Å². The molecule has 0 fully saturated rings. The number of alkyl halides is 3. The van der Waals surface area contributed by atoms with E-state index in [0.717, 1.165) is 11.5 Å². The van der Waals surface area contributed by atoms with Crippen LogP contribution in [0.5, 0.6) is 0 Å². The molecule has 1 heterocycles. The summed E-state index contributed by atoms with van der Waals surface area (Å²) < 4.78 is 43.6. The van der Waals surface area contributed by atoms with Gasteiger partial charge in [-0.05, 0) is 34.1 Å². The Morgan fingerprint density at radius 3 is 2.62 bits per heavy atom. The Labute approximate surface area is 89.6 Å². The lowest BCUT2D eigenvalue weighted by Gasteiger charge is -2.04. The quantitative estimate of drug-likeness (QED) is 0.800. The van der Waals surface area contributed by atoms with Crippen LogP contribution in [-0.4, -0.2) is 22.1 Å². The van der Waals surface area contributed by atoms with Gasteiger partial charge in [-0.25, -0.2) is 4.98 Å². The standard InChI is InChI=1S/C5H4F3IN2OS/c6-5(7,8)2-12-1-3-10-4(9)13-11-3/h1-2H2. The molecule has 1 aromatic rings. The van der Waals surface area contributed by atoms with E-state index in [1.807, 2.05) is 22.6 Å². The highest BCUT2D eigenvalue weighted by molar-refractivity contribution is 14.1. The van der Waals surface area contributed by atoms with Crippen molar-refractivity contribution < 1.29 is 17.9 Å². The number of ether oxygens (including phenoxy) is 1. The Morgan fingerprint density at radius 2 is 2.15 bits per heavy atom. The molecule has 3 nitrogen and oxygen atoms in total. The minimum atomic E-state index is -4.29. The van der Waals surface area contributed by atoms with E-state index in [4.69, 9.17) is 0 Å². The molecule has 1 aromatic heterocycles. The summed E-state index contributed by atoms with van der Waals surface area (Å²) in [6, 6.07) is 0. The molecule has 0 aliphatic heterocycles. The molecular formula is C5H4F3IN2OS. The summed E-state index contributed by atoms with van der Waals surface area (Å²) in [6.45, 7) is -1.46. The monoisotopic (exact) mass is 324 g/mol. The predicted molar refractivity (Wildman–Crippen MR) is 48.3 cm³/mol. The predicted octanol–water partition coefficient (Wildman–Crippen LogP) is 2.22. The second-order valence-electron chi connectivity index (χ2n) is 2.07. The van der Waals surface area contributed by atoms with Crippen LogP contribution < -0.4 is 0 Å². The van der Waals surface area contributed by atoms with Crippen molar-refractivity contribution >= 4 is 34.1 Å². The molecule has 0 amide bonds. The first-order valence-corrected chi connectivity index (χ1v) is 4.95. The maximum atomic E-state index is 11.6. The summed E-state index contributed by atoms with van der Waals surface area (Å²) in [5, 5.41) is 0. The van der Waals surface area contributed by atoms with Gasteiger partial charge in [0.25, 0.3) is 0 Å². The highest BCUT2D eigenvalue weighted by Crippen LogP contribution is 2.15. The summed E-state index contributed by atoms with van der Waals surface area (Å²) in [5.74, 6) is 0.290. The third-order valence-corrected chi connectivity index (χ3v) is 2.32. The van der Waals surface area contributed by atoms with Crippen LogP contribution in [0.15, 0.2) is 0 Å². The van der Waals surface area contributed by atoms with E-state index in [9.17, 15) is 13.2 Å². The Bertz CT molecular complexity index is 277. The molecule has 0 aliphatic carbocycles. The minimum absolute atomic E-state index is 0.195. The first-order valence-electron chi connectivity index (χ1n) is 3.10. The molecule has 8 heteroatoms. The average molecular weight is 324 g/mol. The fourth-order valence-corrected chi connectivity index (χ4v) is 1.54. The van der Waals surface area contributed by atoms with Crippen molar-refractivity contribution in [3.63, 3.8) is 0 Å². The second kappa shape index (κ2) is 4.51. The van der Waals surface area contributed by atoms with Crippen LogP contribution >= 0.6 is 34.1 Å². The van der Waals surface area contributed by atoms with Crippen molar-refractivity contribution in [1.82, 2.24) is 9.36 Å². The lowest BCUT2D eigenvalue weighted by Crippen LogP contribution is -2.16. The summed E-state index contributed by atoms with van der Waals surface area (Å²) in [5.41, 5.74) is 0. The number of halogens is 4. The van der Waals surface area contributed by atoms with Crippen molar-refractivity contribution in [1.29, 1.82) is 0 Å². The normalized spacial score (nSPS) is 12.0. The van der Waals surface area contributed by atoms with Gasteiger partial charge in [0, 0.05) is 0 Å². The topological polar surface area (TPSA) is 35.0 Å². The fraction of sp³-hybridized carbons (Fsp3) is 0.600. The summed E-state index contributed by atoms with van der Waals surface area (Å²) in [4.78, 5) is 3.83. The average Bonchev–Trinajstić information content (AvgIpc) is 2.33. The zero-order chi connectivity index (χ0) is 9.90. The van der Waals surface area contributed by atoms with Crippen molar-refractivity contribution in [2.45, 2.75) is 12.8 Å². The van der Waals surface area contributed by atoms with E-state index in [-0.39, 0.29) is 6.61 Å². The van der Waals surface area contributed by atoms with Gasteiger partial charge >= 0.3 is 6.18 Å². The van der Waals surface area contributed by atoms with Gasteiger partial charge < -0.3 is 4.74 Å². The van der Waals surface area contributed by atoms with E-state index < -0.39 is 12.8 Å². The Morgan fingerprint density at radius 1 is 1.46 bits per heavy atom. The van der Waals surface area contributed by atoms with Crippen molar-refractivity contribution in [2.24, 2.45) is 0 Å². The van der Waals surface area contributed by atoms with Gasteiger partial charge in [-0.2, -0.15) is 17.5 Å². The van der Waals surface area contributed by atoms with Crippen LogP contribution in [0.2, 0.25) is 0 Å². The second-order valence-corrected chi connectivity index (χ2v) is 4.58. The number of rotatable bonds is 3. The van der Waals surface area contributed by atoms with Crippen LogP contribution in [0.25, 0.3) is 0 Å². The van der Waals surface area contributed by atoms with Gasteiger partial charge in [-0.15, -0.1) is 0 Å². The zero-order valence-corrected chi connectivity index (χ0v) is 9.11. The molecule has 0 unspecified atom stereocenters. The first kappa shape index (κ1) is 11.1. The van der Waals surface area contributed by atoms with Crippen molar-refractivity contribution in [3.05, 3.63) is 8.84 Å². The molecule has 0 radical (unpaired) electrons. The number of nitrogens with zero attached hydrogens (tertiary/aromatic N) is 2. The van der Waals surface area contributed by atoms with Gasteiger partial charge in [0.1, 0.15) is 13.2 Å². The Kier molecular flexibility index (Phi) is 3.86. The number of hydrogen-bond donors (Lipinski definition) is 0. The third kappa shape index (κ3) is 4.72. The number of hydrogen-bond acceptors (Lipinski definition) is 4. The maximum Gasteiger partial charge on any atom is 0.411 e. The van der Waals surface area contributed by atoms with Gasteiger partial charge in [0.05, 0.1) is 0 Å². The van der Waals surface area contributed by atoms with Gasteiger partial charge in [0.15, 0.2) is 8.84 Å². The molecule has 0 spiro atoms. The Hall–Kier alpha value is 0.0400. The lowest BCUT2D eigenvalue weighted by atomic mass is 10.6. The van der Waals surface area contributed by atoms with E-state index in [0.29, 0.717) is 8.84 Å². The van der Waals surface area contributed by atoms with Crippen LogP contribution in [0, 0.1) is 3.01 Å². The smallest absolute Gasteiger partial charge is 0.364 e. The molecule has 0 saturated heterocycles. The van der Waals surface area contributed by atoms with Crippen molar-refractivity contribution in [3.8, 4) is 0 Å². The molecule has 1 rings (SSSR count). The van der Waals surface area contributed by atoms with Gasteiger partial charge in [0.2, 0.25) is 0 Å². The molecule has 0 atom stereocenters. The van der Waals surface area contributed by atoms with E-state index in [1.54, 1.807) is 0 Å². The molecular weight excluding hydrogens is 320 g/mol. The molecule has 0 aliphatic rings. The van der Waals surface area contributed by atoms with Gasteiger partial charge in [-0.1, -0.05) is 0 Å². The summed E-state index contributed by atoms with van der Waals surface area (Å²) >= 11 is 3.06. The molecule has 0 aromatic carbocycles. The fourth-order valence-electron chi connectivity index (χ4n) is 0.549. The highest BCUT2D eigenvalue weighted by atomic mass is 127. The molecule has 0 bridgehead atoms. The third-order valence-electron chi connectivity index (χ3n) is 0.940. The largest absolute Gasteiger partial charge is 0.411 e. The molecule has 0 N–H and O–H groups in total. The Balaban J connectivity index is 2.28. The highest BCUT2D eigenvalue weighted by Gasteiger charge is 2.27. The summed E-state index contributed by atoms with van der Waals surface area (Å²) in [7, 11) is 0. The van der Waals surface area contributed by atoms with Crippen LogP contribution in [0.3, 0.4) is 0 Å².